The van der Waals surface area contributed by atoms with Crippen LogP contribution >= 0.6 is 27.7 Å². The molecule has 1 aromatic heterocycles. The minimum absolute atomic E-state index is 0.535. The van der Waals surface area contributed by atoms with Gasteiger partial charge in [0.2, 0.25) is 0 Å². The normalized spacial score (nSPS) is 19.6. The van der Waals surface area contributed by atoms with E-state index >= 15 is 0 Å². The minimum atomic E-state index is -0.535. The second kappa shape index (κ2) is 5.49. The Kier molecular flexibility index (Phi) is 4.24. The zero-order chi connectivity index (χ0) is 11.4. The lowest BCUT2D eigenvalue weighted by atomic mass is 9.95. The van der Waals surface area contributed by atoms with E-state index in [2.05, 4.69) is 26.2 Å². The highest BCUT2D eigenvalue weighted by atomic mass is 79.9. The van der Waals surface area contributed by atoms with Crippen LogP contribution in [0.3, 0.4) is 0 Å². The van der Waals surface area contributed by atoms with Crippen LogP contribution in [-0.4, -0.2) is 34.5 Å². The Morgan fingerprint density at radius 1 is 1.50 bits per heavy atom. The highest BCUT2D eigenvalue weighted by Gasteiger charge is 2.29. The Bertz CT molecular complexity index is 356. The molecule has 2 rings (SSSR count). The van der Waals surface area contributed by atoms with E-state index in [-0.39, 0.29) is 0 Å². The molecule has 1 aromatic rings. The van der Waals surface area contributed by atoms with E-state index in [0.29, 0.717) is 5.75 Å². The third kappa shape index (κ3) is 3.20. The van der Waals surface area contributed by atoms with Crippen molar-refractivity contribution in [2.75, 3.05) is 18.8 Å². The van der Waals surface area contributed by atoms with Crippen LogP contribution in [0.5, 0.6) is 0 Å². The van der Waals surface area contributed by atoms with Gasteiger partial charge in [-0.2, -0.15) is 0 Å². The number of thioether (sulfide) groups is 1. The molecule has 1 saturated heterocycles. The molecule has 0 saturated carbocycles. The van der Waals surface area contributed by atoms with Crippen LogP contribution in [-0.2, 0) is 0 Å². The number of halogens is 1. The Balaban J connectivity index is 1.94. The summed E-state index contributed by atoms with van der Waals surface area (Å²) in [6, 6.07) is 3.87. The van der Waals surface area contributed by atoms with Crippen molar-refractivity contribution in [1.29, 1.82) is 0 Å². The standard InChI is InChI=1S/C11H15BrN2OS/c12-9-2-1-5-14-10(9)16-8-11(15)3-6-13-7-4-11/h1-2,5,13,15H,3-4,6-8H2. The summed E-state index contributed by atoms with van der Waals surface area (Å²) in [6.45, 7) is 1.81. The first kappa shape index (κ1) is 12.4. The SMILES string of the molecule is OC1(CSc2ncccc2Br)CCNCC1. The fourth-order valence-electron chi connectivity index (χ4n) is 1.72. The van der Waals surface area contributed by atoms with E-state index in [1.54, 1.807) is 18.0 Å². The molecule has 0 amide bonds. The number of hydrogen-bond acceptors (Lipinski definition) is 4. The number of nitrogens with zero attached hydrogens (tertiary/aromatic N) is 1. The van der Waals surface area contributed by atoms with Gasteiger partial charge in [0, 0.05) is 16.4 Å². The molecule has 2 heterocycles. The number of aliphatic hydroxyl groups is 1. The van der Waals surface area contributed by atoms with Crippen molar-refractivity contribution < 1.29 is 5.11 Å². The van der Waals surface area contributed by atoms with Crippen molar-refractivity contribution in [3.63, 3.8) is 0 Å². The average molecular weight is 303 g/mol. The van der Waals surface area contributed by atoms with E-state index in [1.807, 2.05) is 12.1 Å². The third-order valence-electron chi connectivity index (χ3n) is 2.74. The number of pyridine rings is 1. The fourth-order valence-corrected chi connectivity index (χ4v) is 3.35. The van der Waals surface area contributed by atoms with Gasteiger partial charge < -0.3 is 10.4 Å². The van der Waals surface area contributed by atoms with Crippen molar-refractivity contribution in [2.24, 2.45) is 0 Å². The molecule has 1 aliphatic rings. The van der Waals surface area contributed by atoms with Gasteiger partial charge in [0.15, 0.2) is 0 Å². The molecular weight excluding hydrogens is 288 g/mol. The van der Waals surface area contributed by atoms with Gasteiger partial charge in [0.25, 0.3) is 0 Å². The van der Waals surface area contributed by atoms with Crippen LogP contribution in [0.2, 0.25) is 0 Å². The van der Waals surface area contributed by atoms with Gasteiger partial charge in [0.05, 0.1) is 5.60 Å². The van der Waals surface area contributed by atoms with Crippen LogP contribution in [0, 0.1) is 0 Å². The average Bonchev–Trinajstić information content (AvgIpc) is 2.29. The summed E-state index contributed by atoms with van der Waals surface area (Å²) < 4.78 is 0.998. The Hall–Kier alpha value is -0.100. The Morgan fingerprint density at radius 2 is 2.25 bits per heavy atom. The van der Waals surface area contributed by atoms with E-state index in [9.17, 15) is 5.11 Å². The predicted molar refractivity (Wildman–Crippen MR) is 69.7 cm³/mol. The molecular formula is C11H15BrN2OS. The maximum Gasteiger partial charge on any atom is 0.110 e. The van der Waals surface area contributed by atoms with Gasteiger partial charge in [-0.3, -0.25) is 0 Å². The van der Waals surface area contributed by atoms with Crippen LogP contribution < -0.4 is 5.32 Å². The molecule has 0 spiro atoms. The van der Waals surface area contributed by atoms with Crippen molar-refractivity contribution in [1.82, 2.24) is 10.3 Å². The fraction of sp³-hybridized carbons (Fsp3) is 0.545. The lowest BCUT2D eigenvalue weighted by Crippen LogP contribution is -2.43. The number of rotatable bonds is 3. The first-order valence-electron chi connectivity index (χ1n) is 5.36. The van der Waals surface area contributed by atoms with Crippen molar-refractivity contribution in [2.45, 2.75) is 23.5 Å². The molecule has 5 heteroatoms. The van der Waals surface area contributed by atoms with Crippen LogP contribution in [0.25, 0.3) is 0 Å². The second-order valence-electron chi connectivity index (χ2n) is 4.05. The largest absolute Gasteiger partial charge is 0.389 e. The highest BCUT2D eigenvalue weighted by molar-refractivity contribution is 9.10. The monoisotopic (exact) mass is 302 g/mol. The summed E-state index contributed by atoms with van der Waals surface area (Å²) in [5.74, 6) is 0.713. The maximum absolute atomic E-state index is 10.3. The number of hydrogen-bond donors (Lipinski definition) is 2. The summed E-state index contributed by atoms with van der Waals surface area (Å²) in [5, 5.41) is 14.5. The molecule has 0 aromatic carbocycles. The smallest absolute Gasteiger partial charge is 0.110 e. The first-order chi connectivity index (χ1) is 7.70. The van der Waals surface area contributed by atoms with E-state index in [0.717, 1.165) is 35.4 Å². The number of aromatic nitrogens is 1. The Labute approximate surface area is 108 Å². The van der Waals surface area contributed by atoms with Gasteiger partial charge in [-0.15, -0.1) is 11.8 Å². The molecule has 0 unspecified atom stereocenters. The summed E-state index contributed by atoms with van der Waals surface area (Å²) in [5.41, 5.74) is -0.535. The summed E-state index contributed by atoms with van der Waals surface area (Å²) >= 11 is 5.08. The van der Waals surface area contributed by atoms with Gasteiger partial charge in [-0.1, -0.05) is 0 Å². The predicted octanol–water partition coefficient (Wildman–Crippen LogP) is 2.05. The summed E-state index contributed by atoms with van der Waals surface area (Å²) in [7, 11) is 0. The van der Waals surface area contributed by atoms with Gasteiger partial charge in [0.1, 0.15) is 5.03 Å². The maximum atomic E-state index is 10.3. The van der Waals surface area contributed by atoms with Crippen LogP contribution in [0.15, 0.2) is 27.8 Å². The van der Waals surface area contributed by atoms with Gasteiger partial charge in [-0.25, -0.2) is 4.98 Å². The number of nitrogens with one attached hydrogen (secondary N) is 1. The zero-order valence-corrected chi connectivity index (χ0v) is 11.4. The summed E-state index contributed by atoms with van der Waals surface area (Å²) in [6.07, 6.45) is 3.43. The topological polar surface area (TPSA) is 45.2 Å². The van der Waals surface area contributed by atoms with Crippen molar-refractivity contribution in [3.8, 4) is 0 Å². The molecule has 16 heavy (non-hydrogen) atoms. The quantitative estimate of drug-likeness (QED) is 0.839. The van der Waals surface area contributed by atoms with E-state index in [4.69, 9.17) is 0 Å². The van der Waals surface area contributed by atoms with E-state index in [1.165, 1.54) is 0 Å². The second-order valence-corrected chi connectivity index (χ2v) is 5.87. The Morgan fingerprint density at radius 3 is 2.94 bits per heavy atom. The van der Waals surface area contributed by atoms with E-state index < -0.39 is 5.60 Å². The molecule has 1 fully saturated rings. The molecule has 0 aliphatic carbocycles. The molecule has 88 valence electrons. The van der Waals surface area contributed by atoms with Gasteiger partial charge >= 0.3 is 0 Å². The lowest BCUT2D eigenvalue weighted by Gasteiger charge is -2.32. The first-order valence-corrected chi connectivity index (χ1v) is 7.14. The molecule has 1 aliphatic heterocycles. The molecule has 0 atom stereocenters. The van der Waals surface area contributed by atoms with Crippen LogP contribution in [0.1, 0.15) is 12.8 Å². The van der Waals surface area contributed by atoms with Gasteiger partial charge in [-0.05, 0) is 54.0 Å². The van der Waals surface area contributed by atoms with Crippen molar-refractivity contribution >= 4 is 27.7 Å². The molecule has 0 bridgehead atoms. The highest BCUT2D eigenvalue weighted by Crippen LogP contribution is 2.30. The number of piperidine rings is 1. The molecule has 3 nitrogen and oxygen atoms in total. The van der Waals surface area contributed by atoms with Crippen molar-refractivity contribution in [3.05, 3.63) is 22.8 Å². The summed E-state index contributed by atoms with van der Waals surface area (Å²) in [4.78, 5) is 4.28. The molecule has 2 N–H and O–H groups in total. The lowest BCUT2D eigenvalue weighted by molar-refractivity contribution is 0.0339. The minimum Gasteiger partial charge on any atom is -0.389 e. The zero-order valence-electron chi connectivity index (χ0n) is 8.95. The van der Waals surface area contributed by atoms with Crippen LogP contribution in [0.4, 0.5) is 0 Å². The third-order valence-corrected chi connectivity index (χ3v) is 4.92. The molecule has 0 radical (unpaired) electrons.